The first kappa shape index (κ1) is 13.7. The number of rotatable bonds is 1. The van der Waals surface area contributed by atoms with Crippen molar-refractivity contribution in [1.29, 1.82) is 0 Å². The van der Waals surface area contributed by atoms with Crippen LogP contribution in [0.3, 0.4) is 0 Å². The number of para-hydroxylation sites is 2. The van der Waals surface area contributed by atoms with Gasteiger partial charge in [-0.1, -0.05) is 48.5 Å². The second-order valence-corrected chi connectivity index (χ2v) is 6.86. The third-order valence-corrected chi connectivity index (χ3v) is 5.35. The van der Waals surface area contributed by atoms with E-state index in [0.29, 0.717) is 0 Å². The van der Waals surface area contributed by atoms with E-state index in [2.05, 4.69) is 94.9 Å². The van der Waals surface area contributed by atoms with Crippen LogP contribution >= 0.6 is 0 Å². The monoisotopic (exact) mass is 332 g/mol. The molecule has 6 aromatic rings. The SMILES string of the molecule is c1ccc2c(c1)[nH]c1ccc(-c3ccc4[nH]c5ccccc5c4c3)cc12. The van der Waals surface area contributed by atoms with Crippen molar-refractivity contribution < 1.29 is 0 Å². The maximum absolute atomic E-state index is 3.50. The zero-order chi connectivity index (χ0) is 17.1. The van der Waals surface area contributed by atoms with E-state index in [4.69, 9.17) is 0 Å². The summed E-state index contributed by atoms with van der Waals surface area (Å²) >= 11 is 0. The summed E-state index contributed by atoms with van der Waals surface area (Å²) in [7, 11) is 0. The lowest BCUT2D eigenvalue weighted by molar-refractivity contribution is 1.54. The molecule has 2 heterocycles. The standard InChI is InChI=1S/C24H16N2/c1-3-7-21-17(5-1)19-13-15(9-11-23(19)25-21)16-10-12-24-20(14-16)18-6-2-4-8-22(18)26-24/h1-14,25-26H. The van der Waals surface area contributed by atoms with Gasteiger partial charge in [-0.3, -0.25) is 0 Å². The van der Waals surface area contributed by atoms with Gasteiger partial charge < -0.3 is 9.97 Å². The van der Waals surface area contributed by atoms with Crippen LogP contribution < -0.4 is 0 Å². The van der Waals surface area contributed by atoms with Crippen LogP contribution in [0.25, 0.3) is 54.7 Å². The fourth-order valence-corrected chi connectivity index (χ4v) is 4.06. The van der Waals surface area contributed by atoms with Crippen LogP contribution in [0, 0.1) is 0 Å². The quantitative estimate of drug-likeness (QED) is 0.339. The first-order valence-corrected chi connectivity index (χ1v) is 8.88. The fourth-order valence-electron chi connectivity index (χ4n) is 4.06. The molecule has 0 radical (unpaired) electrons. The normalized spacial score (nSPS) is 11.8. The molecule has 0 aliphatic carbocycles. The summed E-state index contributed by atoms with van der Waals surface area (Å²) in [6, 6.07) is 30.3. The lowest BCUT2D eigenvalue weighted by Crippen LogP contribution is -1.78. The van der Waals surface area contributed by atoms with Gasteiger partial charge in [-0.25, -0.2) is 0 Å². The van der Waals surface area contributed by atoms with Gasteiger partial charge in [0.2, 0.25) is 0 Å². The molecule has 0 bridgehead atoms. The maximum Gasteiger partial charge on any atom is 0.0465 e. The minimum atomic E-state index is 1.18. The molecule has 2 N–H and O–H groups in total. The van der Waals surface area contributed by atoms with Crippen LogP contribution in [0.2, 0.25) is 0 Å². The molecular formula is C24H16N2. The Kier molecular flexibility index (Phi) is 2.64. The summed E-state index contributed by atoms with van der Waals surface area (Å²) in [6.45, 7) is 0. The van der Waals surface area contributed by atoms with Crippen molar-refractivity contribution in [2.45, 2.75) is 0 Å². The van der Waals surface area contributed by atoms with Crippen LogP contribution in [0.4, 0.5) is 0 Å². The van der Waals surface area contributed by atoms with E-state index in [9.17, 15) is 0 Å². The summed E-state index contributed by atoms with van der Waals surface area (Å²) in [4.78, 5) is 7.00. The summed E-state index contributed by atoms with van der Waals surface area (Å²) in [5.41, 5.74) is 7.23. The minimum Gasteiger partial charge on any atom is -0.355 e. The number of H-pyrrole nitrogens is 2. The largest absolute Gasteiger partial charge is 0.355 e. The molecule has 0 atom stereocenters. The Hall–Kier alpha value is -3.52. The Balaban J connectivity index is 1.61. The number of benzene rings is 4. The molecule has 0 aliphatic heterocycles. The van der Waals surface area contributed by atoms with Crippen molar-refractivity contribution in [1.82, 2.24) is 9.97 Å². The van der Waals surface area contributed by atoms with Crippen molar-refractivity contribution in [3.8, 4) is 11.1 Å². The zero-order valence-electron chi connectivity index (χ0n) is 14.1. The smallest absolute Gasteiger partial charge is 0.0465 e. The summed E-state index contributed by atoms with van der Waals surface area (Å²) in [5, 5.41) is 5.10. The number of aromatic nitrogens is 2. The molecule has 0 saturated carbocycles. The van der Waals surface area contributed by atoms with E-state index in [0.717, 1.165) is 0 Å². The molecule has 2 nitrogen and oxygen atoms in total. The Morgan fingerprint density at radius 1 is 0.385 bits per heavy atom. The van der Waals surface area contributed by atoms with Gasteiger partial charge in [0.25, 0.3) is 0 Å². The van der Waals surface area contributed by atoms with Gasteiger partial charge in [-0.2, -0.15) is 0 Å². The number of hydrogen-bond acceptors (Lipinski definition) is 0. The van der Waals surface area contributed by atoms with Gasteiger partial charge in [0, 0.05) is 43.6 Å². The molecule has 122 valence electrons. The van der Waals surface area contributed by atoms with E-state index >= 15 is 0 Å². The summed E-state index contributed by atoms with van der Waals surface area (Å²) < 4.78 is 0. The van der Waals surface area contributed by atoms with Crippen molar-refractivity contribution in [2.24, 2.45) is 0 Å². The van der Waals surface area contributed by atoms with E-state index in [1.54, 1.807) is 0 Å². The molecule has 4 aromatic carbocycles. The topological polar surface area (TPSA) is 31.6 Å². The molecule has 26 heavy (non-hydrogen) atoms. The van der Waals surface area contributed by atoms with Gasteiger partial charge in [0.15, 0.2) is 0 Å². The van der Waals surface area contributed by atoms with Gasteiger partial charge in [-0.15, -0.1) is 0 Å². The summed E-state index contributed by atoms with van der Waals surface area (Å²) in [6.07, 6.45) is 0. The van der Waals surface area contributed by atoms with Crippen molar-refractivity contribution in [3.63, 3.8) is 0 Å². The highest BCUT2D eigenvalue weighted by Gasteiger charge is 2.08. The van der Waals surface area contributed by atoms with Crippen LogP contribution in [-0.4, -0.2) is 9.97 Å². The Morgan fingerprint density at radius 3 is 1.31 bits per heavy atom. The molecule has 2 aromatic heterocycles. The molecule has 2 heteroatoms. The van der Waals surface area contributed by atoms with Gasteiger partial charge in [0.05, 0.1) is 0 Å². The summed E-state index contributed by atoms with van der Waals surface area (Å²) in [5.74, 6) is 0. The molecule has 0 saturated heterocycles. The van der Waals surface area contributed by atoms with Crippen LogP contribution in [-0.2, 0) is 0 Å². The lowest BCUT2D eigenvalue weighted by Gasteiger charge is -2.03. The van der Waals surface area contributed by atoms with E-state index in [-0.39, 0.29) is 0 Å². The number of hydrogen-bond donors (Lipinski definition) is 2. The van der Waals surface area contributed by atoms with Crippen LogP contribution in [0.1, 0.15) is 0 Å². The van der Waals surface area contributed by atoms with Crippen LogP contribution in [0.15, 0.2) is 84.9 Å². The first-order chi connectivity index (χ1) is 12.9. The molecule has 0 unspecified atom stereocenters. The fraction of sp³-hybridized carbons (Fsp3) is 0. The maximum atomic E-state index is 3.50. The number of aromatic amines is 2. The second kappa shape index (κ2) is 4.99. The van der Waals surface area contributed by atoms with Crippen LogP contribution in [0.5, 0.6) is 0 Å². The Bertz CT molecular complexity index is 1320. The Morgan fingerprint density at radius 2 is 0.808 bits per heavy atom. The highest BCUT2D eigenvalue weighted by Crippen LogP contribution is 2.33. The van der Waals surface area contributed by atoms with Crippen molar-refractivity contribution in [2.75, 3.05) is 0 Å². The average Bonchev–Trinajstić information content (AvgIpc) is 3.25. The number of nitrogens with one attached hydrogen (secondary N) is 2. The number of fused-ring (bicyclic) bond motifs is 6. The molecule has 0 aliphatic rings. The van der Waals surface area contributed by atoms with E-state index in [1.807, 2.05) is 0 Å². The molecule has 6 rings (SSSR count). The molecular weight excluding hydrogens is 316 g/mol. The second-order valence-electron chi connectivity index (χ2n) is 6.86. The Labute approximate surface area is 150 Å². The van der Waals surface area contributed by atoms with E-state index in [1.165, 1.54) is 54.7 Å². The van der Waals surface area contributed by atoms with Gasteiger partial charge >= 0.3 is 0 Å². The highest BCUT2D eigenvalue weighted by molar-refractivity contribution is 6.10. The minimum absolute atomic E-state index is 1.18. The lowest BCUT2D eigenvalue weighted by atomic mass is 10.0. The van der Waals surface area contributed by atoms with E-state index < -0.39 is 0 Å². The molecule has 0 amide bonds. The predicted molar refractivity (Wildman–Crippen MR) is 111 cm³/mol. The average molecular weight is 332 g/mol. The van der Waals surface area contributed by atoms with Crippen molar-refractivity contribution >= 4 is 43.6 Å². The van der Waals surface area contributed by atoms with Gasteiger partial charge in [-0.05, 0) is 47.5 Å². The van der Waals surface area contributed by atoms with Gasteiger partial charge in [0.1, 0.15) is 0 Å². The predicted octanol–water partition coefficient (Wildman–Crippen LogP) is 6.62. The first-order valence-electron chi connectivity index (χ1n) is 8.88. The third kappa shape index (κ3) is 1.87. The molecule has 0 spiro atoms. The third-order valence-electron chi connectivity index (χ3n) is 5.35. The molecule has 0 fully saturated rings. The highest BCUT2D eigenvalue weighted by atomic mass is 14.7. The zero-order valence-corrected chi connectivity index (χ0v) is 14.1. The van der Waals surface area contributed by atoms with Crippen molar-refractivity contribution in [3.05, 3.63) is 84.9 Å².